The number of benzene rings is 10. The molecular weight excluding hydrogens is 741 g/mol. The Hall–Kier alpha value is -8.14. The molecule has 0 saturated heterocycles. The number of rotatable bonds is 7. The lowest BCUT2D eigenvalue weighted by Crippen LogP contribution is -2.11. The quantitative estimate of drug-likeness (QED) is 0.161. The van der Waals surface area contributed by atoms with Crippen LogP contribution in [0.25, 0.3) is 93.6 Å². The van der Waals surface area contributed by atoms with Crippen LogP contribution in [0.15, 0.2) is 235 Å². The van der Waals surface area contributed by atoms with Crippen molar-refractivity contribution in [3.8, 4) is 39.1 Å². The average Bonchev–Trinajstić information content (AvgIpc) is 3.90. The predicted molar refractivity (Wildman–Crippen MR) is 257 cm³/mol. The van der Waals surface area contributed by atoms with Gasteiger partial charge in [-0.25, -0.2) is 0 Å². The molecule has 2 heterocycles. The molecule has 12 aromatic rings. The Morgan fingerprint density at radius 1 is 0.344 bits per heavy atom. The summed E-state index contributed by atoms with van der Waals surface area (Å²) < 4.78 is 9.35. The highest BCUT2D eigenvalue weighted by atomic mass is 16.3. The summed E-state index contributed by atoms with van der Waals surface area (Å²) in [6, 6.07) is 82.8. The number of hydrogen-bond donors (Lipinski definition) is 0. The van der Waals surface area contributed by atoms with Gasteiger partial charge in [-0.1, -0.05) is 170 Å². The number of hydrogen-bond acceptors (Lipinski definition) is 2. The van der Waals surface area contributed by atoms with Crippen LogP contribution in [-0.2, 0) is 0 Å². The second kappa shape index (κ2) is 14.3. The van der Waals surface area contributed by atoms with Crippen LogP contribution in [0.5, 0.6) is 0 Å². The van der Waals surface area contributed by atoms with Gasteiger partial charge in [-0.2, -0.15) is 0 Å². The zero-order valence-corrected chi connectivity index (χ0v) is 33.2. The van der Waals surface area contributed by atoms with Crippen LogP contribution >= 0.6 is 0 Å². The molecule has 0 fully saturated rings. The first kappa shape index (κ1) is 34.9. The summed E-state index contributed by atoms with van der Waals surface area (Å²) in [4.78, 5) is 2.45. The fraction of sp³-hybridized carbons (Fsp3) is 0. The Morgan fingerprint density at radius 2 is 0.902 bits per heavy atom. The molecule has 2 aromatic heterocycles. The van der Waals surface area contributed by atoms with Gasteiger partial charge < -0.3 is 13.9 Å². The van der Waals surface area contributed by atoms with Crippen LogP contribution in [0.2, 0.25) is 0 Å². The standard InChI is InChI=1S/C58H38N2O/c1-3-15-39(16-4-1)40-29-31-41(32-30-40)42-33-35-45(36-34-42)60(53-27-14-26-52-56(53)49-22-9-11-25-51(49)59(52)44-19-5-2-6-20-44)54-38-37-48(47-24-13-18-43-17-7-8-21-46(43)47)58-57(54)50-23-10-12-28-55(50)61-58/h1-38H. The number of furan rings is 1. The molecule has 0 N–H and O–H groups in total. The molecule has 0 unspecified atom stereocenters. The molecule has 0 aliphatic rings. The number of fused-ring (bicyclic) bond motifs is 7. The molecule has 0 saturated carbocycles. The monoisotopic (exact) mass is 778 g/mol. The van der Waals surface area contributed by atoms with Gasteiger partial charge in [0.1, 0.15) is 11.2 Å². The van der Waals surface area contributed by atoms with Crippen LogP contribution in [0, 0.1) is 0 Å². The smallest absolute Gasteiger partial charge is 0.145 e. The fourth-order valence-electron chi connectivity index (χ4n) is 9.41. The SMILES string of the molecule is c1ccc(-c2ccc(-c3ccc(N(c4ccc(-c5cccc6ccccc56)c5oc6ccccc6c45)c4cccc5c4c4ccccc4n5-c4ccccc4)cc3)cc2)cc1. The molecule has 61 heavy (non-hydrogen) atoms. The lowest BCUT2D eigenvalue weighted by atomic mass is 9.95. The molecule has 0 amide bonds. The first-order valence-electron chi connectivity index (χ1n) is 20.8. The minimum absolute atomic E-state index is 0.861. The van der Waals surface area contributed by atoms with Crippen molar-refractivity contribution < 1.29 is 4.42 Å². The molecule has 0 bridgehead atoms. The summed E-state index contributed by atoms with van der Waals surface area (Å²) in [5.74, 6) is 0. The van der Waals surface area contributed by atoms with Crippen molar-refractivity contribution in [2.75, 3.05) is 4.90 Å². The fourth-order valence-corrected chi connectivity index (χ4v) is 9.41. The van der Waals surface area contributed by atoms with Gasteiger partial charge in [-0.15, -0.1) is 0 Å². The van der Waals surface area contributed by atoms with Gasteiger partial charge in [-0.3, -0.25) is 0 Å². The number of para-hydroxylation sites is 3. The zero-order chi connectivity index (χ0) is 40.3. The van der Waals surface area contributed by atoms with Crippen LogP contribution in [0.4, 0.5) is 17.1 Å². The third-order valence-corrected chi connectivity index (χ3v) is 12.2. The number of nitrogens with zero attached hydrogens (tertiary/aromatic N) is 2. The largest absolute Gasteiger partial charge is 0.455 e. The normalized spacial score (nSPS) is 11.6. The Balaban J connectivity index is 1.11. The average molecular weight is 779 g/mol. The van der Waals surface area contributed by atoms with E-state index in [1.165, 1.54) is 38.2 Å². The van der Waals surface area contributed by atoms with Gasteiger partial charge in [0, 0.05) is 33.1 Å². The van der Waals surface area contributed by atoms with Gasteiger partial charge in [0.05, 0.1) is 27.8 Å². The first-order chi connectivity index (χ1) is 30.3. The van der Waals surface area contributed by atoms with Gasteiger partial charge in [-0.05, 0) is 99.3 Å². The van der Waals surface area contributed by atoms with Gasteiger partial charge in [0.2, 0.25) is 0 Å². The number of aromatic nitrogens is 1. The second-order valence-corrected chi connectivity index (χ2v) is 15.6. The minimum Gasteiger partial charge on any atom is -0.455 e. The molecule has 0 radical (unpaired) electrons. The molecule has 0 aliphatic carbocycles. The van der Waals surface area contributed by atoms with Gasteiger partial charge in [0.15, 0.2) is 0 Å². The molecule has 12 rings (SSSR count). The van der Waals surface area contributed by atoms with Crippen molar-refractivity contribution in [1.82, 2.24) is 4.57 Å². The Morgan fingerprint density at radius 3 is 1.67 bits per heavy atom. The van der Waals surface area contributed by atoms with Crippen LogP contribution in [-0.4, -0.2) is 4.57 Å². The van der Waals surface area contributed by atoms with E-state index in [9.17, 15) is 0 Å². The number of anilines is 3. The third-order valence-electron chi connectivity index (χ3n) is 12.2. The molecule has 286 valence electrons. The Kier molecular flexibility index (Phi) is 8.17. The molecule has 10 aromatic carbocycles. The molecule has 0 spiro atoms. The van der Waals surface area contributed by atoms with Crippen LogP contribution < -0.4 is 4.90 Å². The second-order valence-electron chi connectivity index (χ2n) is 15.6. The van der Waals surface area contributed by atoms with E-state index in [4.69, 9.17) is 4.42 Å². The zero-order valence-electron chi connectivity index (χ0n) is 33.2. The molecule has 0 atom stereocenters. The summed E-state index contributed by atoms with van der Waals surface area (Å²) in [5.41, 5.74) is 15.3. The van der Waals surface area contributed by atoms with E-state index in [2.05, 4.69) is 240 Å². The summed E-state index contributed by atoms with van der Waals surface area (Å²) in [5, 5.41) is 6.92. The van der Waals surface area contributed by atoms with E-state index in [-0.39, 0.29) is 0 Å². The summed E-state index contributed by atoms with van der Waals surface area (Å²) >= 11 is 0. The highest BCUT2D eigenvalue weighted by Crippen LogP contribution is 2.50. The maximum absolute atomic E-state index is 6.96. The summed E-state index contributed by atoms with van der Waals surface area (Å²) in [7, 11) is 0. The highest BCUT2D eigenvalue weighted by molar-refractivity contribution is 6.21. The Labute approximate surface area is 353 Å². The summed E-state index contributed by atoms with van der Waals surface area (Å²) in [6.07, 6.45) is 0. The van der Waals surface area contributed by atoms with Crippen LogP contribution in [0.1, 0.15) is 0 Å². The maximum atomic E-state index is 6.96. The van der Waals surface area contributed by atoms with E-state index in [1.807, 2.05) is 0 Å². The topological polar surface area (TPSA) is 21.3 Å². The van der Waals surface area contributed by atoms with Crippen molar-refractivity contribution in [3.05, 3.63) is 231 Å². The van der Waals surface area contributed by atoms with E-state index < -0.39 is 0 Å². The first-order valence-corrected chi connectivity index (χ1v) is 20.8. The minimum atomic E-state index is 0.861. The van der Waals surface area contributed by atoms with Gasteiger partial charge in [0.25, 0.3) is 0 Å². The highest BCUT2D eigenvalue weighted by Gasteiger charge is 2.26. The van der Waals surface area contributed by atoms with Crippen molar-refractivity contribution in [3.63, 3.8) is 0 Å². The predicted octanol–water partition coefficient (Wildman–Crippen LogP) is 16.3. The van der Waals surface area contributed by atoms with E-state index >= 15 is 0 Å². The third kappa shape index (κ3) is 5.74. The lowest BCUT2D eigenvalue weighted by Gasteiger charge is -2.28. The molecule has 3 heteroatoms. The van der Waals surface area contributed by atoms with E-state index in [0.717, 1.165) is 72.4 Å². The summed E-state index contributed by atoms with van der Waals surface area (Å²) in [6.45, 7) is 0. The lowest BCUT2D eigenvalue weighted by molar-refractivity contribution is 0.670. The van der Waals surface area contributed by atoms with Crippen molar-refractivity contribution in [2.45, 2.75) is 0 Å². The van der Waals surface area contributed by atoms with Gasteiger partial charge >= 0.3 is 0 Å². The molecular formula is C58H38N2O. The molecule has 3 nitrogen and oxygen atoms in total. The van der Waals surface area contributed by atoms with Crippen LogP contribution in [0.3, 0.4) is 0 Å². The maximum Gasteiger partial charge on any atom is 0.145 e. The van der Waals surface area contributed by atoms with E-state index in [0.29, 0.717) is 0 Å². The van der Waals surface area contributed by atoms with E-state index in [1.54, 1.807) is 0 Å². The van der Waals surface area contributed by atoms with Crippen molar-refractivity contribution >= 4 is 71.6 Å². The van der Waals surface area contributed by atoms with Crippen molar-refractivity contribution in [2.24, 2.45) is 0 Å². The Bertz CT molecular complexity index is 3560. The van der Waals surface area contributed by atoms with Crippen molar-refractivity contribution in [1.29, 1.82) is 0 Å². The molecule has 0 aliphatic heterocycles.